The maximum atomic E-state index is 12.2. The van der Waals surface area contributed by atoms with Crippen LogP contribution in [0.15, 0.2) is 0 Å². The number of esters is 1. The quantitative estimate of drug-likeness (QED) is 0.566. The van der Waals surface area contributed by atoms with Gasteiger partial charge in [-0.05, 0) is 32.6 Å². The first kappa shape index (κ1) is 14.8. The van der Waals surface area contributed by atoms with E-state index in [-0.39, 0.29) is 6.61 Å². The third-order valence-corrected chi connectivity index (χ3v) is 5.91. The third kappa shape index (κ3) is 2.09. The zero-order valence-corrected chi connectivity index (χ0v) is 12.6. The second-order valence-corrected chi connectivity index (χ2v) is 7.73. The van der Waals surface area contributed by atoms with Crippen LogP contribution >= 0.6 is 0 Å². The maximum Gasteiger partial charge on any atom is 0.341 e. The largest absolute Gasteiger partial charge is 0.464 e. The highest BCUT2D eigenvalue weighted by atomic mass is 32.2. The number of hydrogen-bond donors (Lipinski definition) is 0. The molecule has 0 aromatic rings. The summed E-state index contributed by atoms with van der Waals surface area (Å²) < 4.78 is 34.8. The zero-order valence-electron chi connectivity index (χ0n) is 11.8. The molecule has 1 saturated heterocycles. The van der Waals surface area contributed by atoms with Crippen molar-refractivity contribution >= 4 is 15.8 Å². The van der Waals surface area contributed by atoms with Gasteiger partial charge in [0.1, 0.15) is 5.60 Å². The van der Waals surface area contributed by atoms with E-state index in [4.69, 9.17) is 9.47 Å². The van der Waals surface area contributed by atoms with Gasteiger partial charge in [0, 0.05) is 6.26 Å². The Hall–Kier alpha value is -0.620. The second-order valence-electron chi connectivity index (χ2n) is 5.50. The molecule has 2 rings (SSSR count). The highest BCUT2D eigenvalue weighted by Gasteiger charge is 2.80. The van der Waals surface area contributed by atoms with E-state index >= 15 is 0 Å². The first-order chi connectivity index (χ1) is 8.84. The number of rotatable bonds is 5. The fraction of sp³-hybridized carbons (Fsp3) is 0.923. The van der Waals surface area contributed by atoms with E-state index in [9.17, 15) is 13.2 Å². The lowest BCUT2D eigenvalue weighted by atomic mass is 9.87. The van der Waals surface area contributed by atoms with Crippen LogP contribution in [0, 0.1) is 0 Å². The van der Waals surface area contributed by atoms with Gasteiger partial charge in [0.05, 0.1) is 11.9 Å². The van der Waals surface area contributed by atoms with Gasteiger partial charge in [-0.1, -0.05) is 13.3 Å². The van der Waals surface area contributed by atoms with Crippen molar-refractivity contribution < 1.29 is 22.7 Å². The van der Waals surface area contributed by atoms with Crippen LogP contribution in [0.4, 0.5) is 0 Å². The summed E-state index contributed by atoms with van der Waals surface area (Å²) in [5.74, 6) is -0.396. The molecule has 0 bridgehead atoms. The first-order valence-corrected chi connectivity index (χ1v) is 8.86. The summed E-state index contributed by atoms with van der Waals surface area (Å²) in [5, 5.41) is -0.573. The molecule has 2 aliphatic rings. The van der Waals surface area contributed by atoms with Gasteiger partial charge < -0.3 is 9.47 Å². The van der Waals surface area contributed by atoms with E-state index in [1.54, 1.807) is 6.92 Å². The van der Waals surface area contributed by atoms with Crippen LogP contribution in [0.3, 0.4) is 0 Å². The van der Waals surface area contributed by atoms with Gasteiger partial charge in [0.25, 0.3) is 0 Å². The molecule has 0 radical (unpaired) electrons. The van der Waals surface area contributed by atoms with E-state index in [0.29, 0.717) is 19.3 Å². The molecule has 0 N–H and O–H groups in total. The number of sulfone groups is 1. The molecule has 1 spiro atoms. The fourth-order valence-corrected chi connectivity index (χ4v) is 5.19. The highest BCUT2D eigenvalue weighted by Crippen LogP contribution is 2.62. The summed E-state index contributed by atoms with van der Waals surface area (Å²) in [7, 11) is -3.22. The van der Waals surface area contributed by atoms with E-state index in [1.165, 1.54) is 6.26 Å². The van der Waals surface area contributed by atoms with Crippen molar-refractivity contribution in [3.8, 4) is 0 Å². The highest BCUT2D eigenvalue weighted by molar-refractivity contribution is 7.91. The molecule has 5 nitrogen and oxygen atoms in total. The molecule has 3 unspecified atom stereocenters. The standard InChI is InChI=1S/C13H22O5S/c1-4-8-13(11(14)17-5-2)12(18-13)9-6-7-10(12)19(3,15)16/h10H,4-9H2,1-3H3. The van der Waals surface area contributed by atoms with Crippen LogP contribution in [-0.2, 0) is 24.1 Å². The fourth-order valence-electron chi connectivity index (χ4n) is 3.55. The number of carbonyl (C=O) groups excluding carboxylic acids is 1. The van der Waals surface area contributed by atoms with Gasteiger partial charge in [-0.25, -0.2) is 13.2 Å². The molecule has 2 fully saturated rings. The maximum absolute atomic E-state index is 12.2. The van der Waals surface area contributed by atoms with E-state index in [2.05, 4.69) is 0 Å². The van der Waals surface area contributed by atoms with Gasteiger partial charge in [-0.2, -0.15) is 0 Å². The summed E-state index contributed by atoms with van der Waals surface area (Å²) >= 11 is 0. The van der Waals surface area contributed by atoms with Crippen LogP contribution < -0.4 is 0 Å². The molecule has 1 aliphatic heterocycles. The number of epoxide rings is 1. The smallest absolute Gasteiger partial charge is 0.341 e. The SMILES string of the molecule is CCCC1(C(=O)OCC)OC12CCCC2S(C)(=O)=O. The molecule has 1 heterocycles. The average molecular weight is 290 g/mol. The van der Waals surface area contributed by atoms with E-state index < -0.39 is 32.3 Å². The van der Waals surface area contributed by atoms with Gasteiger partial charge in [-0.15, -0.1) is 0 Å². The van der Waals surface area contributed by atoms with Crippen molar-refractivity contribution in [2.24, 2.45) is 0 Å². The molecule has 0 aromatic carbocycles. The van der Waals surface area contributed by atoms with Crippen LogP contribution in [0.25, 0.3) is 0 Å². The Kier molecular flexibility index (Phi) is 3.68. The topological polar surface area (TPSA) is 73.0 Å². The Labute approximate surface area is 114 Å². The number of carbonyl (C=O) groups is 1. The molecule has 19 heavy (non-hydrogen) atoms. The normalized spacial score (nSPS) is 37.5. The minimum absolute atomic E-state index is 0.285. The second kappa shape index (κ2) is 4.74. The lowest BCUT2D eigenvalue weighted by Crippen LogP contribution is -2.43. The Morgan fingerprint density at radius 2 is 2.11 bits per heavy atom. The Bertz CT molecular complexity index is 471. The summed E-state index contributed by atoms with van der Waals surface area (Å²) in [4.78, 5) is 12.2. The van der Waals surface area contributed by atoms with Crippen LogP contribution in [0.2, 0.25) is 0 Å². The van der Waals surface area contributed by atoms with Crippen LogP contribution in [0.5, 0.6) is 0 Å². The molecule has 6 heteroatoms. The summed E-state index contributed by atoms with van der Waals surface area (Å²) in [5.41, 5.74) is -1.86. The average Bonchev–Trinajstić information content (AvgIpc) is 2.72. The van der Waals surface area contributed by atoms with Gasteiger partial charge in [-0.3, -0.25) is 0 Å². The monoisotopic (exact) mass is 290 g/mol. The number of ether oxygens (including phenoxy) is 2. The first-order valence-electron chi connectivity index (χ1n) is 6.90. The van der Waals surface area contributed by atoms with Crippen LogP contribution in [-0.4, -0.2) is 43.7 Å². The lowest BCUT2D eigenvalue weighted by Gasteiger charge is -2.19. The molecular weight excluding hydrogens is 268 g/mol. The van der Waals surface area contributed by atoms with Crippen molar-refractivity contribution in [2.75, 3.05) is 12.9 Å². The summed E-state index contributed by atoms with van der Waals surface area (Å²) in [6, 6.07) is 0. The van der Waals surface area contributed by atoms with Crippen molar-refractivity contribution in [3.63, 3.8) is 0 Å². The molecular formula is C13H22O5S. The predicted octanol–water partition coefficient (Wildman–Crippen LogP) is 1.45. The molecule has 110 valence electrons. The van der Waals surface area contributed by atoms with Gasteiger partial charge >= 0.3 is 5.97 Å². The van der Waals surface area contributed by atoms with Crippen LogP contribution in [0.1, 0.15) is 46.0 Å². The van der Waals surface area contributed by atoms with E-state index in [0.717, 1.165) is 12.8 Å². The van der Waals surface area contributed by atoms with Gasteiger partial charge in [0.2, 0.25) is 0 Å². The zero-order chi connectivity index (χ0) is 14.3. The summed E-state index contributed by atoms with van der Waals surface area (Å²) in [6.07, 6.45) is 4.50. The molecule has 1 aliphatic carbocycles. The minimum Gasteiger partial charge on any atom is -0.464 e. The predicted molar refractivity (Wildman–Crippen MR) is 70.6 cm³/mol. The molecule has 1 saturated carbocycles. The van der Waals surface area contributed by atoms with Crippen molar-refractivity contribution in [3.05, 3.63) is 0 Å². The molecule has 3 atom stereocenters. The molecule has 0 aromatic heterocycles. The Morgan fingerprint density at radius 3 is 2.63 bits per heavy atom. The Balaban J connectivity index is 2.33. The minimum atomic E-state index is -3.22. The third-order valence-electron chi connectivity index (χ3n) is 4.26. The van der Waals surface area contributed by atoms with Gasteiger partial charge in [0.15, 0.2) is 15.4 Å². The van der Waals surface area contributed by atoms with Crippen molar-refractivity contribution in [1.82, 2.24) is 0 Å². The van der Waals surface area contributed by atoms with Crippen molar-refractivity contribution in [1.29, 1.82) is 0 Å². The van der Waals surface area contributed by atoms with Crippen molar-refractivity contribution in [2.45, 2.75) is 62.4 Å². The molecule has 0 amide bonds. The van der Waals surface area contributed by atoms with E-state index in [1.807, 2.05) is 6.92 Å². The summed E-state index contributed by atoms with van der Waals surface area (Å²) in [6.45, 7) is 3.99. The number of hydrogen-bond acceptors (Lipinski definition) is 5. The lowest BCUT2D eigenvalue weighted by molar-refractivity contribution is -0.149. The Morgan fingerprint density at radius 1 is 1.42 bits per heavy atom.